The molecule has 1 fully saturated rings. The van der Waals surface area contributed by atoms with Crippen molar-refractivity contribution in [1.82, 2.24) is 0 Å². The van der Waals surface area contributed by atoms with Crippen molar-refractivity contribution < 1.29 is 19.4 Å². The zero-order valence-corrected chi connectivity index (χ0v) is 9.54. The molecular weight excluding hydrogens is 220 g/mol. The van der Waals surface area contributed by atoms with Crippen molar-refractivity contribution in [3.8, 4) is 0 Å². The Balaban J connectivity index is 1.78. The molecule has 4 nitrogen and oxygen atoms in total. The standard InChI is InChI=1S/C13H16O4/c14-8-11-6-7-12(17-11)13(15)16-9-10-4-2-1-3-5-10/h1-5,11-12,14H,6-9H2/t11-,12?/m0/s1. The van der Waals surface area contributed by atoms with Gasteiger partial charge in [0.1, 0.15) is 6.61 Å². The molecule has 1 unspecified atom stereocenters. The van der Waals surface area contributed by atoms with Crippen LogP contribution in [0.25, 0.3) is 0 Å². The Morgan fingerprint density at radius 3 is 2.76 bits per heavy atom. The number of aliphatic hydroxyl groups is 1. The molecule has 2 atom stereocenters. The van der Waals surface area contributed by atoms with Gasteiger partial charge in [0.05, 0.1) is 12.7 Å². The molecule has 1 aromatic rings. The Hall–Kier alpha value is -1.39. The number of carbonyl (C=O) groups excluding carboxylic acids is 1. The van der Waals surface area contributed by atoms with Gasteiger partial charge in [-0.05, 0) is 18.4 Å². The Kier molecular flexibility index (Phi) is 4.12. The molecule has 2 rings (SSSR count). The van der Waals surface area contributed by atoms with Gasteiger partial charge in [-0.15, -0.1) is 0 Å². The molecule has 1 aliphatic rings. The number of benzene rings is 1. The first kappa shape index (κ1) is 12.1. The fraction of sp³-hybridized carbons (Fsp3) is 0.462. The molecule has 1 aliphatic heterocycles. The van der Waals surface area contributed by atoms with Gasteiger partial charge < -0.3 is 14.6 Å². The van der Waals surface area contributed by atoms with Crippen LogP contribution < -0.4 is 0 Å². The highest BCUT2D eigenvalue weighted by molar-refractivity contribution is 5.75. The first-order chi connectivity index (χ1) is 8.29. The van der Waals surface area contributed by atoms with Gasteiger partial charge in [-0.2, -0.15) is 0 Å². The molecule has 0 bridgehead atoms. The summed E-state index contributed by atoms with van der Waals surface area (Å²) >= 11 is 0. The van der Waals surface area contributed by atoms with Crippen LogP contribution in [-0.2, 0) is 20.9 Å². The lowest BCUT2D eigenvalue weighted by Gasteiger charge is -2.11. The van der Waals surface area contributed by atoms with Gasteiger partial charge in [0.15, 0.2) is 6.10 Å². The van der Waals surface area contributed by atoms with Gasteiger partial charge in [-0.25, -0.2) is 4.79 Å². The van der Waals surface area contributed by atoms with E-state index in [1.165, 1.54) is 0 Å². The summed E-state index contributed by atoms with van der Waals surface area (Å²) in [7, 11) is 0. The predicted molar refractivity (Wildman–Crippen MR) is 61.2 cm³/mol. The number of rotatable bonds is 4. The van der Waals surface area contributed by atoms with Crippen molar-refractivity contribution in [3.05, 3.63) is 35.9 Å². The molecule has 0 aliphatic carbocycles. The highest BCUT2D eigenvalue weighted by atomic mass is 16.6. The number of aliphatic hydroxyl groups excluding tert-OH is 1. The van der Waals surface area contributed by atoms with Crippen LogP contribution in [0.4, 0.5) is 0 Å². The quantitative estimate of drug-likeness (QED) is 0.800. The molecule has 1 heterocycles. The SMILES string of the molecule is O=C(OCc1ccccc1)C1CC[C@@H](CO)O1. The number of hydrogen-bond acceptors (Lipinski definition) is 4. The molecule has 0 aromatic heterocycles. The summed E-state index contributed by atoms with van der Waals surface area (Å²) in [6.07, 6.45) is 0.598. The summed E-state index contributed by atoms with van der Waals surface area (Å²) in [6.45, 7) is 0.228. The van der Waals surface area contributed by atoms with Crippen molar-refractivity contribution >= 4 is 5.97 Å². The molecule has 4 heteroatoms. The average molecular weight is 236 g/mol. The third-order valence-corrected chi connectivity index (χ3v) is 2.80. The molecule has 0 amide bonds. The number of hydrogen-bond donors (Lipinski definition) is 1. The van der Waals surface area contributed by atoms with E-state index in [1.54, 1.807) is 0 Å². The van der Waals surface area contributed by atoms with Gasteiger partial charge in [0.25, 0.3) is 0 Å². The van der Waals surface area contributed by atoms with Crippen molar-refractivity contribution in [2.45, 2.75) is 31.7 Å². The Labute approximate surface area is 100 Å². The summed E-state index contributed by atoms with van der Waals surface area (Å²) in [4.78, 5) is 11.7. The van der Waals surface area contributed by atoms with E-state index in [0.717, 1.165) is 5.56 Å². The molecule has 1 N–H and O–H groups in total. The molecule has 1 saturated heterocycles. The Bertz CT molecular complexity index is 363. The van der Waals surface area contributed by atoms with E-state index >= 15 is 0 Å². The maximum Gasteiger partial charge on any atom is 0.335 e. The van der Waals surface area contributed by atoms with Gasteiger partial charge in [-0.3, -0.25) is 0 Å². The van der Waals surface area contributed by atoms with Crippen molar-refractivity contribution in [1.29, 1.82) is 0 Å². The number of ether oxygens (including phenoxy) is 2. The average Bonchev–Trinajstić information content (AvgIpc) is 2.86. The van der Waals surface area contributed by atoms with Crippen LogP contribution >= 0.6 is 0 Å². The molecule has 0 spiro atoms. The number of carbonyl (C=O) groups is 1. The van der Waals surface area contributed by atoms with Crippen molar-refractivity contribution in [2.24, 2.45) is 0 Å². The minimum absolute atomic E-state index is 0.0392. The molecule has 0 radical (unpaired) electrons. The maximum atomic E-state index is 11.7. The van der Waals surface area contributed by atoms with E-state index in [9.17, 15) is 4.79 Å². The first-order valence-corrected chi connectivity index (χ1v) is 5.76. The Morgan fingerprint density at radius 2 is 2.12 bits per heavy atom. The fourth-order valence-electron chi connectivity index (χ4n) is 1.84. The van der Waals surface area contributed by atoms with Crippen LogP contribution in [0.3, 0.4) is 0 Å². The van der Waals surface area contributed by atoms with E-state index in [-0.39, 0.29) is 25.3 Å². The minimum atomic E-state index is -0.518. The Morgan fingerprint density at radius 1 is 1.35 bits per heavy atom. The van der Waals surface area contributed by atoms with Crippen LogP contribution in [0.1, 0.15) is 18.4 Å². The van der Waals surface area contributed by atoms with E-state index in [0.29, 0.717) is 12.8 Å². The molecule has 0 saturated carbocycles. The predicted octanol–water partition coefficient (Wildman–Crippen LogP) is 1.27. The third-order valence-electron chi connectivity index (χ3n) is 2.80. The monoisotopic (exact) mass is 236 g/mol. The van der Waals surface area contributed by atoms with Crippen LogP contribution in [0, 0.1) is 0 Å². The second-order valence-corrected chi connectivity index (χ2v) is 4.10. The van der Waals surface area contributed by atoms with Crippen LogP contribution in [0.2, 0.25) is 0 Å². The fourth-order valence-corrected chi connectivity index (χ4v) is 1.84. The lowest BCUT2D eigenvalue weighted by Crippen LogP contribution is -2.24. The van der Waals surface area contributed by atoms with Crippen LogP contribution in [-0.4, -0.2) is 29.9 Å². The van der Waals surface area contributed by atoms with Crippen LogP contribution in [0.15, 0.2) is 30.3 Å². The van der Waals surface area contributed by atoms with Crippen LogP contribution in [0.5, 0.6) is 0 Å². The highest BCUT2D eigenvalue weighted by Crippen LogP contribution is 2.20. The van der Waals surface area contributed by atoms with Gasteiger partial charge in [-0.1, -0.05) is 30.3 Å². The zero-order valence-electron chi connectivity index (χ0n) is 9.54. The molecule has 92 valence electrons. The molecule has 17 heavy (non-hydrogen) atoms. The lowest BCUT2D eigenvalue weighted by molar-refractivity contribution is -0.158. The van der Waals surface area contributed by atoms with E-state index in [1.807, 2.05) is 30.3 Å². The van der Waals surface area contributed by atoms with Gasteiger partial charge in [0.2, 0.25) is 0 Å². The van der Waals surface area contributed by atoms with E-state index in [4.69, 9.17) is 14.6 Å². The largest absolute Gasteiger partial charge is 0.459 e. The minimum Gasteiger partial charge on any atom is -0.459 e. The summed E-state index contributed by atoms with van der Waals surface area (Å²) in [6, 6.07) is 9.52. The van der Waals surface area contributed by atoms with Gasteiger partial charge >= 0.3 is 5.97 Å². The molecule has 1 aromatic carbocycles. The second kappa shape index (κ2) is 5.80. The summed E-state index contributed by atoms with van der Waals surface area (Å²) in [5.74, 6) is -0.343. The normalized spacial score (nSPS) is 23.6. The number of esters is 1. The summed E-state index contributed by atoms with van der Waals surface area (Å²) in [5, 5.41) is 8.90. The molecular formula is C13H16O4. The van der Waals surface area contributed by atoms with E-state index < -0.39 is 6.10 Å². The smallest absolute Gasteiger partial charge is 0.335 e. The zero-order chi connectivity index (χ0) is 12.1. The maximum absolute atomic E-state index is 11.7. The second-order valence-electron chi connectivity index (χ2n) is 4.10. The topological polar surface area (TPSA) is 55.8 Å². The summed E-state index contributed by atoms with van der Waals surface area (Å²) < 4.78 is 10.5. The first-order valence-electron chi connectivity index (χ1n) is 5.76. The van der Waals surface area contributed by atoms with Crippen molar-refractivity contribution in [3.63, 3.8) is 0 Å². The van der Waals surface area contributed by atoms with Crippen molar-refractivity contribution in [2.75, 3.05) is 6.61 Å². The van der Waals surface area contributed by atoms with E-state index in [2.05, 4.69) is 0 Å². The lowest BCUT2D eigenvalue weighted by atomic mass is 10.2. The third kappa shape index (κ3) is 3.28. The van der Waals surface area contributed by atoms with Gasteiger partial charge in [0, 0.05) is 0 Å². The summed E-state index contributed by atoms with van der Waals surface area (Å²) in [5.41, 5.74) is 0.956. The highest BCUT2D eigenvalue weighted by Gasteiger charge is 2.31.